The number of nitro groups is 1. The molecule has 7 nitrogen and oxygen atoms in total. The van der Waals surface area contributed by atoms with Crippen LogP contribution in [0.1, 0.15) is 6.42 Å². The van der Waals surface area contributed by atoms with Crippen molar-refractivity contribution in [3.05, 3.63) is 33.3 Å². The Morgan fingerprint density at radius 3 is 3.00 bits per heavy atom. The standard InChI is InChI=1S/C13H16ClN3O4/c14-10-2-3-12(11(8-10)17(19)20)21-9-13(18)16-6-1-4-15-5-7-16/h2-3,8,15H,1,4-7,9H2. The predicted octanol–water partition coefficient (Wildman–Crippen LogP) is 1.45. The third kappa shape index (κ3) is 4.30. The molecule has 1 heterocycles. The zero-order valence-electron chi connectivity index (χ0n) is 11.4. The van der Waals surface area contributed by atoms with E-state index in [2.05, 4.69) is 5.32 Å². The molecule has 1 aromatic rings. The lowest BCUT2D eigenvalue weighted by Crippen LogP contribution is -2.37. The zero-order chi connectivity index (χ0) is 15.2. The second-order valence-corrected chi connectivity index (χ2v) is 5.08. The van der Waals surface area contributed by atoms with Gasteiger partial charge in [-0.1, -0.05) is 11.6 Å². The maximum absolute atomic E-state index is 12.0. The summed E-state index contributed by atoms with van der Waals surface area (Å²) in [6.07, 6.45) is 0.882. The molecule has 1 aromatic carbocycles. The van der Waals surface area contributed by atoms with Gasteiger partial charge in [-0.3, -0.25) is 14.9 Å². The topological polar surface area (TPSA) is 84.7 Å². The molecule has 1 N–H and O–H groups in total. The molecular weight excluding hydrogens is 298 g/mol. The molecule has 0 aliphatic carbocycles. The van der Waals surface area contributed by atoms with Crippen LogP contribution in [-0.4, -0.2) is 48.5 Å². The van der Waals surface area contributed by atoms with Crippen molar-refractivity contribution in [1.29, 1.82) is 0 Å². The number of halogens is 1. The Balaban J connectivity index is 1.99. The molecule has 0 spiro atoms. The zero-order valence-corrected chi connectivity index (χ0v) is 12.1. The molecule has 1 amide bonds. The van der Waals surface area contributed by atoms with Gasteiger partial charge in [-0.2, -0.15) is 0 Å². The Morgan fingerprint density at radius 2 is 2.24 bits per heavy atom. The molecule has 1 fully saturated rings. The van der Waals surface area contributed by atoms with E-state index >= 15 is 0 Å². The average molecular weight is 314 g/mol. The van der Waals surface area contributed by atoms with Crippen molar-refractivity contribution in [3.8, 4) is 5.75 Å². The van der Waals surface area contributed by atoms with E-state index < -0.39 is 4.92 Å². The molecule has 1 aliphatic heterocycles. The highest BCUT2D eigenvalue weighted by atomic mass is 35.5. The number of amides is 1. The molecule has 0 bridgehead atoms. The first-order valence-corrected chi connectivity index (χ1v) is 7.01. The molecule has 0 atom stereocenters. The minimum atomic E-state index is -0.582. The second kappa shape index (κ2) is 7.24. The molecular formula is C13H16ClN3O4. The molecule has 114 valence electrons. The van der Waals surface area contributed by atoms with E-state index in [-0.39, 0.29) is 29.0 Å². The fourth-order valence-electron chi connectivity index (χ4n) is 2.08. The Morgan fingerprint density at radius 1 is 1.43 bits per heavy atom. The smallest absolute Gasteiger partial charge is 0.312 e. The van der Waals surface area contributed by atoms with Crippen LogP contribution in [0.25, 0.3) is 0 Å². The van der Waals surface area contributed by atoms with Crippen LogP contribution in [-0.2, 0) is 4.79 Å². The summed E-state index contributed by atoms with van der Waals surface area (Å²) < 4.78 is 5.30. The van der Waals surface area contributed by atoms with Gasteiger partial charge in [0.2, 0.25) is 0 Å². The quantitative estimate of drug-likeness (QED) is 0.672. The first-order chi connectivity index (χ1) is 10.1. The van der Waals surface area contributed by atoms with Crippen LogP contribution >= 0.6 is 11.6 Å². The van der Waals surface area contributed by atoms with E-state index in [4.69, 9.17) is 16.3 Å². The van der Waals surface area contributed by atoms with E-state index in [0.717, 1.165) is 19.5 Å². The number of nitrogens with zero attached hydrogens (tertiary/aromatic N) is 2. The predicted molar refractivity (Wildman–Crippen MR) is 77.7 cm³/mol. The summed E-state index contributed by atoms with van der Waals surface area (Å²) in [4.78, 5) is 24.1. The van der Waals surface area contributed by atoms with Crippen LogP contribution in [0.2, 0.25) is 5.02 Å². The summed E-state index contributed by atoms with van der Waals surface area (Å²) in [5.41, 5.74) is -0.243. The van der Waals surface area contributed by atoms with Gasteiger partial charge in [-0.25, -0.2) is 0 Å². The number of rotatable bonds is 4. The first kappa shape index (κ1) is 15.5. The van der Waals surface area contributed by atoms with Crippen LogP contribution < -0.4 is 10.1 Å². The van der Waals surface area contributed by atoms with Crippen LogP contribution in [0.15, 0.2) is 18.2 Å². The van der Waals surface area contributed by atoms with E-state index in [9.17, 15) is 14.9 Å². The highest BCUT2D eigenvalue weighted by molar-refractivity contribution is 6.30. The molecule has 0 aromatic heterocycles. The fourth-order valence-corrected chi connectivity index (χ4v) is 2.25. The van der Waals surface area contributed by atoms with Crippen LogP contribution in [0.4, 0.5) is 5.69 Å². The van der Waals surface area contributed by atoms with E-state index in [1.807, 2.05) is 0 Å². The summed E-state index contributed by atoms with van der Waals surface area (Å²) in [6.45, 7) is 2.69. The largest absolute Gasteiger partial charge is 0.477 e. The summed E-state index contributed by atoms with van der Waals surface area (Å²) in [7, 11) is 0. The molecule has 2 rings (SSSR count). The van der Waals surface area contributed by atoms with Crippen molar-refractivity contribution in [1.82, 2.24) is 10.2 Å². The van der Waals surface area contributed by atoms with Crippen LogP contribution in [0.3, 0.4) is 0 Å². The Hall–Kier alpha value is -1.86. The van der Waals surface area contributed by atoms with Crippen molar-refractivity contribution in [2.45, 2.75) is 6.42 Å². The Labute approximate surface area is 127 Å². The van der Waals surface area contributed by atoms with Crippen molar-refractivity contribution >= 4 is 23.2 Å². The molecule has 0 radical (unpaired) electrons. The van der Waals surface area contributed by atoms with Gasteiger partial charge in [-0.05, 0) is 25.1 Å². The third-order valence-electron chi connectivity index (χ3n) is 3.16. The number of nitro benzene ring substituents is 1. The normalized spacial score (nSPS) is 15.4. The SMILES string of the molecule is O=C(COc1ccc(Cl)cc1[N+](=O)[O-])N1CCCNCC1. The molecule has 1 aliphatic rings. The summed E-state index contributed by atoms with van der Waals surface area (Å²) in [5, 5.41) is 14.4. The number of hydrogen-bond acceptors (Lipinski definition) is 5. The minimum absolute atomic E-state index is 0.0469. The van der Waals surface area contributed by atoms with Crippen molar-refractivity contribution in [3.63, 3.8) is 0 Å². The van der Waals surface area contributed by atoms with Gasteiger partial charge in [-0.15, -0.1) is 0 Å². The van der Waals surface area contributed by atoms with Gasteiger partial charge in [0.25, 0.3) is 5.91 Å². The molecule has 8 heteroatoms. The minimum Gasteiger partial charge on any atom is -0.477 e. The summed E-state index contributed by atoms with van der Waals surface area (Å²) in [6, 6.07) is 4.10. The fraction of sp³-hybridized carbons (Fsp3) is 0.462. The number of benzene rings is 1. The van der Waals surface area contributed by atoms with E-state index in [1.165, 1.54) is 18.2 Å². The maximum atomic E-state index is 12.0. The number of hydrogen-bond donors (Lipinski definition) is 1. The third-order valence-corrected chi connectivity index (χ3v) is 3.40. The van der Waals surface area contributed by atoms with Gasteiger partial charge in [0.05, 0.1) is 4.92 Å². The number of carbonyl (C=O) groups excluding carboxylic acids is 1. The van der Waals surface area contributed by atoms with Crippen molar-refractivity contribution in [2.24, 2.45) is 0 Å². The lowest BCUT2D eigenvalue weighted by Gasteiger charge is -2.19. The van der Waals surface area contributed by atoms with Gasteiger partial charge < -0.3 is 15.0 Å². The van der Waals surface area contributed by atoms with Gasteiger partial charge in [0.15, 0.2) is 12.4 Å². The molecule has 1 saturated heterocycles. The summed E-state index contributed by atoms with van der Waals surface area (Å²) >= 11 is 5.72. The average Bonchev–Trinajstić information content (AvgIpc) is 2.74. The molecule has 0 saturated carbocycles. The molecule has 21 heavy (non-hydrogen) atoms. The number of ether oxygens (including phenoxy) is 1. The Bertz CT molecular complexity index is 530. The number of nitrogens with one attached hydrogen (secondary N) is 1. The van der Waals surface area contributed by atoms with Crippen LogP contribution in [0.5, 0.6) is 5.75 Å². The van der Waals surface area contributed by atoms with E-state index in [1.54, 1.807) is 4.90 Å². The van der Waals surface area contributed by atoms with Gasteiger partial charge in [0, 0.05) is 30.7 Å². The van der Waals surface area contributed by atoms with E-state index in [0.29, 0.717) is 13.1 Å². The lowest BCUT2D eigenvalue weighted by molar-refractivity contribution is -0.385. The second-order valence-electron chi connectivity index (χ2n) is 4.64. The highest BCUT2D eigenvalue weighted by Gasteiger charge is 2.19. The first-order valence-electron chi connectivity index (χ1n) is 6.63. The van der Waals surface area contributed by atoms with Gasteiger partial charge >= 0.3 is 5.69 Å². The van der Waals surface area contributed by atoms with Crippen LogP contribution in [0, 0.1) is 10.1 Å². The Kier molecular flexibility index (Phi) is 5.35. The monoisotopic (exact) mass is 313 g/mol. The highest BCUT2D eigenvalue weighted by Crippen LogP contribution is 2.29. The molecule has 0 unspecified atom stereocenters. The maximum Gasteiger partial charge on any atom is 0.312 e. The van der Waals surface area contributed by atoms with Crippen molar-refractivity contribution < 1.29 is 14.5 Å². The number of carbonyl (C=O) groups is 1. The summed E-state index contributed by atoms with van der Waals surface area (Å²) in [5.74, 6) is -0.131. The van der Waals surface area contributed by atoms with Gasteiger partial charge in [0.1, 0.15) is 0 Å². The lowest BCUT2D eigenvalue weighted by atomic mass is 10.3. The van der Waals surface area contributed by atoms with Crippen molar-refractivity contribution in [2.75, 3.05) is 32.8 Å².